The highest BCUT2D eigenvalue weighted by Crippen LogP contribution is 2.38. The van der Waals surface area contributed by atoms with Crippen molar-refractivity contribution < 1.29 is 10.0 Å². The normalized spacial score (nSPS) is 16.0. The van der Waals surface area contributed by atoms with Gasteiger partial charge in [0.25, 0.3) is 5.69 Å². The molecule has 16 heavy (non-hydrogen) atoms. The zero-order chi connectivity index (χ0) is 11.7. The minimum atomic E-state index is -0.437. The van der Waals surface area contributed by atoms with Crippen LogP contribution in [0.3, 0.4) is 0 Å². The van der Waals surface area contributed by atoms with Gasteiger partial charge in [-0.2, -0.15) is 0 Å². The first-order valence-electron chi connectivity index (χ1n) is 4.92. The van der Waals surface area contributed by atoms with Crippen LogP contribution in [0.25, 0.3) is 0 Å². The van der Waals surface area contributed by atoms with Crippen molar-refractivity contribution in [1.82, 2.24) is 0 Å². The number of benzene rings is 1. The largest absolute Gasteiger partial charge is 0.396 e. The van der Waals surface area contributed by atoms with Crippen LogP contribution < -0.4 is 4.90 Å². The number of nitro groups is 1. The standard InChI is InChI=1S/C10H11ClN2O3/c11-8-2-1-3-9(13(15)16)10(8)12-4-7(5-12)6-14/h1-3,7,14H,4-6H2. The zero-order valence-electron chi connectivity index (χ0n) is 8.47. The first kappa shape index (κ1) is 11.2. The lowest BCUT2D eigenvalue weighted by molar-refractivity contribution is -0.384. The van der Waals surface area contributed by atoms with E-state index in [1.54, 1.807) is 12.1 Å². The molecule has 0 unspecified atom stereocenters. The van der Waals surface area contributed by atoms with Crippen LogP contribution in [0.1, 0.15) is 0 Å². The van der Waals surface area contributed by atoms with E-state index in [9.17, 15) is 10.1 Å². The fourth-order valence-corrected chi connectivity index (χ4v) is 2.12. The van der Waals surface area contributed by atoms with Gasteiger partial charge in [-0.15, -0.1) is 0 Å². The fraction of sp³-hybridized carbons (Fsp3) is 0.400. The number of halogens is 1. The van der Waals surface area contributed by atoms with Crippen LogP contribution in [0.15, 0.2) is 18.2 Å². The van der Waals surface area contributed by atoms with Gasteiger partial charge >= 0.3 is 0 Å². The Balaban J connectivity index is 2.29. The van der Waals surface area contributed by atoms with Crippen LogP contribution in [0.5, 0.6) is 0 Å². The van der Waals surface area contributed by atoms with Gasteiger partial charge in [-0.05, 0) is 6.07 Å². The number of nitrogens with zero attached hydrogens (tertiary/aromatic N) is 2. The van der Waals surface area contributed by atoms with Gasteiger partial charge in [0.2, 0.25) is 0 Å². The van der Waals surface area contributed by atoms with Crippen LogP contribution in [-0.2, 0) is 0 Å². The van der Waals surface area contributed by atoms with Crippen molar-refractivity contribution in [3.05, 3.63) is 33.3 Å². The minimum absolute atomic E-state index is 0.0175. The third kappa shape index (κ3) is 1.83. The Kier molecular flexibility index (Phi) is 2.98. The lowest BCUT2D eigenvalue weighted by Gasteiger charge is -2.40. The number of hydrogen-bond acceptors (Lipinski definition) is 4. The number of hydrogen-bond donors (Lipinski definition) is 1. The second-order valence-corrected chi connectivity index (χ2v) is 4.23. The molecule has 1 N–H and O–H groups in total. The van der Waals surface area contributed by atoms with Gasteiger partial charge in [0.15, 0.2) is 0 Å². The summed E-state index contributed by atoms with van der Waals surface area (Å²) in [5.74, 6) is 0.191. The second kappa shape index (κ2) is 4.27. The molecule has 6 heteroatoms. The summed E-state index contributed by atoms with van der Waals surface area (Å²) in [7, 11) is 0. The Bertz CT molecular complexity index is 419. The number of aliphatic hydroxyl groups excluding tert-OH is 1. The van der Waals surface area contributed by atoms with Crippen LogP contribution in [0.2, 0.25) is 5.02 Å². The molecule has 1 heterocycles. The van der Waals surface area contributed by atoms with E-state index < -0.39 is 4.92 Å². The van der Waals surface area contributed by atoms with Crippen LogP contribution >= 0.6 is 11.6 Å². The van der Waals surface area contributed by atoms with Crippen molar-refractivity contribution in [3.63, 3.8) is 0 Å². The van der Waals surface area contributed by atoms with Gasteiger partial charge in [0.1, 0.15) is 5.69 Å². The Morgan fingerprint density at radius 3 is 2.81 bits per heavy atom. The summed E-state index contributed by atoms with van der Waals surface area (Å²) in [4.78, 5) is 12.2. The van der Waals surface area contributed by atoms with Crippen LogP contribution in [0, 0.1) is 16.0 Å². The quantitative estimate of drug-likeness (QED) is 0.647. The second-order valence-electron chi connectivity index (χ2n) is 3.82. The SMILES string of the molecule is O=[N+]([O-])c1cccc(Cl)c1N1CC(CO)C1. The molecular formula is C10H11ClN2O3. The summed E-state index contributed by atoms with van der Waals surface area (Å²) in [5, 5.41) is 20.1. The van der Waals surface area contributed by atoms with Gasteiger partial charge in [0.05, 0.1) is 9.95 Å². The Hall–Kier alpha value is -1.33. The molecule has 0 saturated carbocycles. The molecule has 0 bridgehead atoms. The highest BCUT2D eigenvalue weighted by molar-refractivity contribution is 6.33. The first-order chi connectivity index (χ1) is 7.63. The third-order valence-electron chi connectivity index (χ3n) is 2.69. The predicted molar refractivity (Wildman–Crippen MR) is 60.9 cm³/mol. The Labute approximate surface area is 97.4 Å². The van der Waals surface area contributed by atoms with E-state index in [4.69, 9.17) is 16.7 Å². The van der Waals surface area contributed by atoms with Gasteiger partial charge < -0.3 is 10.0 Å². The molecular weight excluding hydrogens is 232 g/mol. The van der Waals surface area contributed by atoms with Crippen LogP contribution in [0.4, 0.5) is 11.4 Å². The average Bonchev–Trinajstić information content (AvgIpc) is 2.18. The number of para-hydroxylation sites is 1. The van der Waals surface area contributed by atoms with E-state index in [1.807, 2.05) is 4.90 Å². The van der Waals surface area contributed by atoms with Gasteiger partial charge in [-0.3, -0.25) is 10.1 Å². The number of aliphatic hydroxyl groups is 1. The molecule has 5 nitrogen and oxygen atoms in total. The predicted octanol–water partition coefficient (Wildman–Crippen LogP) is 1.68. The van der Waals surface area contributed by atoms with E-state index >= 15 is 0 Å². The number of rotatable bonds is 3. The lowest BCUT2D eigenvalue weighted by atomic mass is 10.00. The summed E-state index contributed by atoms with van der Waals surface area (Å²) in [6, 6.07) is 4.64. The Morgan fingerprint density at radius 1 is 1.56 bits per heavy atom. The maximum absolute atomic E-state index is 10.8. The first-order valence-corrected chi connectivity index (χ1v) is 5.30. The lowest BCUT2D eigenvalue weighted by Crippen LogP contribution is -2.48. The topological polar surface area (TPSA) is 66.6 Å². The summed E-state index contributed by atoms with van der Waals surface area (Å²) < 4.78 is 0. The van der Waals surface area contributed by atoms with Gasteiger partial charge in [0, 0.05) is 31.7 Å². The minimum Gasteiger partial charge on any atom is -0.396 e. The summed E-state index contributed by atoms with van der Waals surface area (Å²) >= 11 is 5.96. The molecule has 2 rings (SSSR count). The molecule has 0 atom stereocenters. The van der Waals surface area contributed by atoms with Crippen molar-refractivity contribution >= 4 is 23.0 Å². The van der Waals surface area contributed by atoms with Crippen molar-refractivity contribution in [2.24, 2.45) is 5.92 Å². The molecule has 1 fully saturated rings. The van der Waals surface area contributed by atoms with Gasteiger partial charge in [-0.25, -0.2) is 0 Å². The van der Waals surface area contributed by atoms with E-state index in [2.05, 4.69) is 0 Å². The Morgan fingerprint density at radius 2 is 2.25 bits per heavy atom. The van der Waals surface area contributed by atoms with Crippen molar-refractivity contribution in [2.45, 2.75) is 0 Å². The monoisotopic (exact) mass is 242 g/mol. The van der Waals surface area contributed by atoms with Crippen molar-refractivity contribution in [1.29, 1.82) is 0 Å². The van der Waals surface area contributed by atoms with E-state index in [0.717, 1.165) is 0 Å². The summed E-state index contributed by atoms with van der Waals surface area (Å²) in [6.07, 6.45) is 0. The molecule has 1 aliphatic rings. The van der Waals surface area contributed by atoms with Crippen molar-refractivity contribution in [2.75, 3.05) is 24.6 Å². The third-order valence-corrected chi connectivity index (χ3v) is 3.00. The van der Waals surface area contributed by atoms with E-state index in [0.29, 0.717) is 23.8 Å². The number of nitro benzene ring substituents is 1. The molecule has 0 aliphatic carbocycles. The molecule has 1 aromatic carbocycles. The molecule has 1 aromatic rings. The highest BCUT2D eigenvalue weighted by atomic mass is 35.5. The highest BCUT2D eigenvalue weighted by Gasteiger charge is 2.32. The fourth-order valence-electron chi connectivity index (χ4n) is 1.83. The maximum atomic E-state index is 10.8. The number of anilines is 1. The molecule has 1 aliphatic heterocycles. The maximum Gasteiger partial charge on any atom is 0.294 e. The molecule has 1 saturated heterocycles. The smallest absolute Gasteiger partial charge is 0.294 e. The summed E-state index contributed by atoms with van der Waals surface area (Å²) in [5.41, 5.74) is 0.475. The molecule has 0 radical (unpaired) electrons. The van der Waals surface area contributed by atoms with Gasteiger partial charge in [-0.1, -0.05) is 17.7 Å². The van der Waals surface area contributed by atoms with E-state index in [1.165, 1.54) is 6.07 Å². The van der Waals surface area contributed by atoms with Crippen LogP contribution in [-0.4, -0.2) is 29.7 Å². The molecule has 86 valence electrons. The zero-order valence-corrected chi connectivity index (χ0v) is 9.22. The molecule has 0 amide bonds. The average molecular weight is 243 g/mol. The van der Waals surface area contributed by atoms with E-state index in [-0.39, 0.29) is 18.2 Å². The molecule has 0 spiro atoms. The summed E-state index contributed by atoms with van der Waals surface area (Å²) in [6.45, 7) is 1.33. The van der Waals surface area contributed by atoms with Crippen molar-refractivity contribution in [3.8, 4) is 0 Å². The molecule has 0 aromatic heterocycles.